The van der Waals surface area contributed by atoms with E-state index in [-0.39, 0.29) is 6.54 Å². The van der Waals surface area contributed by atoms with Crippen LogP contribution in [0.1, 0.15) is 12.5 Å². The Bertz CT molecular complexity index is 490. The molecule has 3 N–H and O–H groups in total. The van der Waals surface area contributed by atoms with Crippen molar-refractivity contribution >= 4 is 12.0 Å². The Morgan fingerprint density at radius 2 is 1.90 bits per heavy atom. The second-order valence-electron chi connectivity index (χ2n) is 4.08. The predicted molar refractivity (Wildman–Crippen MR) is 72.0 cm³/mol. The monoisotopic (exact) mass is 282 g/mol. The van der Waals surface area contributed by atoms with Crippen molar-refractivity contribution in [3.8, 4) is 11.5 Å². The molecule has 0 spiro atoms. The Morgan fingerprint density at radius 1 is 1.25 bits per heavy atom. The fourth-order valence-electron chi connectivity index (χ4n) is 1.48. The van der Waals surface area contributed by atoms with E-state index in [1.807, 2.05) is 0 Å². The van der Waals surface area contributed by atoms with E-state index in [0.29, 0.717) is 11.5 Å². The topological polar surface area (TPSA) is 96.9 Å². The van der Waals surface area contributed by atoms with Crippen LogP contribution in [0.2, 0.25) is 0 Å². The second-order valence-corrected chi connectivity index (χ2v) is 4.08. The molecule has 0 aliphatic heterocycles. The highest BCUT2D eigenvalue weighted by atomic mass is 16.5. The number of carboxylic acids is 1. The summed E-state index contributed by atoms with van der Waals surface area (Å²) in [4.78, 5) is 22.1. The molecule has 110 valence electrons. The molecule has 0 fully saturated rings. The third-order valence-electron chi connectivity index (χ3n) is 2.62. The van der Waals surface area contributed by atoms with Gasteiger partial charge in [-0.2, -0.15) is 0 Å². The maximum Gasteiger partial charge on any atom is 0.325 e. The fraction of sp³-hybridized carbons (Fsp3) is 0.385. The van der Waals surface area contributed by atoms with Crippen molar-refractivity contribution in [3.05, 3.63) is 23.8 Å². The zero-order chi connectivity index (χ0) is 15.1. The van der Waals surface area contributed by atoms with Crippen molar-refractivity contribution < 1.29 is 24.2 Å². The highest BCUT2D eigenvalue weighted by Gasteiger charge is 2.13. The van der Waals surface area contributed by atoms with Crippen molar-refractivity contribution in [2.45, 2.75) is 19.5 Å². The average Bonchev–Trinajstić information content (AvgIpc) is 2.44. The van der Waals surface area contributed by atoms with E-state index in [1.54, 1.807) is 18.2 Å². The summed E-state index contributed by atoms with van der Waals surface area (Å²) in [7, 11) is 3.06. The van der Waals surface area contributed by atoms with Gasteiger partial charge in [0.05, 0.1) is 14.2 Å². The molecule has 0 bridgehead atoms. The summed E-state index contributed by atoms with van der Waals surface area (Å²) in [6.45, 7) is 1.64. The average molecular weight is 282 g/mol. The van der Waals surface area contributed by atoms with Crippen LogP contribution >= 0.6 is 0 Å². The number of benzene rings is 1. The molecule has 1 aromatic rings. The number of aliphatic carboxylic acids is 1. The third kappa shape index (κ3) is 4.34. The molecule has 2 amide bonds. The molecule has 0 radical (unpaired) electrons. The minimum atomic E-state index is -1.09. The molecule has 0 heterocycles. The Kier molecular flexibility index (Phi) is 5.64. The number of rotatable bonds is 6. The summed E-state index contributed by atoms with van der Waals surface area (Å²) < 4.78 is 10.3. The first-order valence-corrected chi connectivity index (χ1v) is 5.96. The minimum Gasteiger partial charge on any atom is -0.493 e. The first-order chi connectivity index (χ1) is 9.47. The number of hydrogen-bond donors (Lipinski definition) is 3. The van der Waals surface area contributed by atoms with E-state index in [0.717, 1.165) is 5.56 Å². The molecular weight excluding hydrogens is 264 g/mol. The Labute approximate surface area is 116 Å². The molecule has 1 atom stereocenters. The first-order valence-electron chi connectivity index (χ1n) is 5.96. The van der Waals surface area contributed by atoms with Gasteiger partial charge < -0.3 is 25.2 Å². The van der Waals surface area contributed by atoms with Gasteiger partial charge >= 0.3 is 12.0 Å². The molecule has 7 nitrogen and oxygen atoms in total. The number of carbonyl (C=O) groups excluding carboxylic acids is 1. The Morgan fingerprint density at radius 3 is 2.45 bits per heavy atom. The van der Waals surface area contributed by atoms with Crippen LogP contribution in [0, 0.1) is 0 Å². The van der Waals surface area contributed by atoms with E-state index in [4.69, 9.17) is 14.6 Å². The standard InChI is InChI=1S/C13H18N2O5/c1-8(12(16)17)15-13(18)14-7-9-4-5-10(19-2)11(6-9)20-3/h4-6,8H,7H2,1-3H3,(H,16,17)(H2,14,15,18)/t8-/m1/s1. The van der Waals surface area contributed by atoms with Crippen LogP contribution in [0.5, 0.6) is 11.5 Å². The summed E-state index contributed by atoms with van der Waals surface area (Å²) >= 11 is 0. The van der Waals surface area contributed by atoms with Gasteiger partial charge in [0.15, 0.2) is 11.5 Å². The summed E-state index contributed by atoms with van der Waals surface area (Å²) in [5, 5.41) is 13.5. The van der Waals surface area contributed by atoms with Gasteiger partial charge in [0.1, 0.15) is 6.04 Å². The highest BCUT2D eigenvalue weighted by molar-refractivity contribution is 5.82. The van der Waals surface area contributed by atoms with E-state index in [9.17, 15) is 9.59 Å². The van der Waals surface area contributed by atoms with Crippen LogP contribution in [0.25, 0.3) is 0 Å². The summed E-state index contributed by atoms with van der Waals surface area (Å²) in [5.41, 5.74) is 0.806. The number of carbonyl (C=O) groups is 2. The number of amides is 2. The zero-order valence-electron chi connectivity index (χ0n) is 11.6. The van der Waals surface area contributed by atoms with Crippen molar-refractivity contribution in [1.82, 2.24) is 10.6 Å². The van der Waals surface area contributed by atoms with Crippen molar-refractivity contribution in [2.75, 3.05) is 14.2 Å². The number of carboxylic acid groups (broad SMARTS) is 1. The van der Waals surface area contributed by atoms with Crippen LogP contribution in [0.4, 0.5) is 4.79 Å². The normalized spacial score (nSPS) is 11.3. The van der Waals surface area contributed by atoms with Gasteiger partial charge in [-0.25, -0.2) is 4.79 Å². The maximum atomic E-state index is 11.5. The van der Waals surface area contributed by atoms with Gasteiger partial charge in [0.2, 0.25) is 0 Å². The molecular formula is C13H18N2O5. The van der Waals surface area contributed by atoms with Crippen LogP contribution in [-0.4, -0.2) is 37.4 Å². The highest BCUT2D eigenvalue weighted by Crippen LogP contribution is 2.27. The first kappa shape index (κ1) is 15.6. The number of methoxy groups -OCH3 is 2. The van der Waals surface area contributed by atoms with Crippen LogP contribution in [0.15, 0.2) is 18.2 Å². The quantitative estimate of drug-likeness (QED) is 0.722. The summed E-state index contributed by atoms with van der Waals surface area (Å²) in [6, 6.07) is 3.75. The lowest BCUT2D eigenvalue weighted by Crippen LogP contribution is -2.44. The molecule has 7 heteroatoms. The molecule has 0 unspecified atom stereocenters. The van der Waals surface area contributed by atoms with E-state index >= 15 is 0 Å². The smallest absolute Gasteiger partial charge is 0.325 e. The maximum absolute atomic E-state index is 11.5. The number of nitrogens with one attached hydrogen (secondary N) is 2. The van der Waals surface area contributed by atoms with Crippen LogP contribution < -0.4 is 20.1 Å². The minimum absolute atomic E-state index is 0.249. The van der Waals surface area contributed by atoms with Crippen molar-refractivity contribution in [1.29, 1.82) is 0 Å². The SMILES string of the molecule is COc1ccc(CNC(=O)N[C@H](C)C(=O)O)cc1OC. The Hall–Kier alpha value is -2.44. The molecule has 0 aliphatic rings. The lowest BCUT2D eigenvalue weighted by molar-refractivity contribution is -0.138. The van der Waals surface area contributed by atoms with Gasteiger partial charge in [-0.3, -0.25) is 4.79 Å². The van der Waals surface area contributed by atoms with Gasteiger partial charge in [-0.15, -0.1) is 0 Å². The van der Waals surface area contributed by atoms with Gasteiger partial charge in [-0.1, -0.05) is 6.07 Å². The summed E-state index contributed by atoms with van der Waals surface area (Å²) in [6.07, 6.45) is 0. The second kappa shape index (κ2) is 7.22. The van der Waals surface area contributed by atoms with Gasteiger partial charge in [0, 0.05) is 6.54 Å². The molecule has 0 aromatic heterocycles. The molecule has 1 aromatic carbocycles. The van der Waals surface area contributed by atoms with Crippen LogP contribution in [-0.2, 0) is 11.3 Å². The van der Waals surface area contributed by atoms with E-state index in [1.165, 1.54) is 21.1 Å². The van der Waals surface area contributed by atoms with Crippen molar-refractivity contribution in [3.63, 3.8) is 0 Å². The number of ether oxygens (including phenoxy) is 2. The molecule has 1 rings (SSSR count). The van der Waals surface area contributed by atoms with E-state index in [2.05, 4.69) is 10.6 Å². The van der Waals surface area contributed by atoms with Gasteiger partial charge in [-0.05, 0) is 24.6 Å². The fourth-order valence-corrected chi connectivity index (χ4v) is 1.48. The molecule has 0 saturated carbocycles. The molecule has 20 heavy (non-hydrogen) atoms. The molecule has 0 aliphatic carbocycles. The number of hydrogen-bond acceptors (Lipinski definition) is 4. The number of urea groups is 1. The van der Waals surface area contributed by atoms with Gasteiger partial charge in [0.25, 0.3) is 0 Å². The largest absolute Gasteiger partial charge is 0.493 e. The molecule has 0 saturated heterocycles. The van der Waals surface area contributed by atoms with Crippen molar-refractivity contribution in [2.24, 2.45) is 0 Å². The Balaban J connectivity index is 2.57. The summed E-state index contributed by atoms with van der Waals surface area (Å²) in [5.74, 6) is 0.0672. The van der Waals surface area contributed by atoms with Crippen LogP contribution in [0.3, 0.4) is 0 Å². The van der Waals surface area contributed by atoms with E-state index < -0.39 is 18.0 Å². The predicted octanol–water partition coefficient (Wildman–Crippen LogP) is 0.976. The lowest BCUT2D eigenvalue weighted by Gasteiger charge is -2.12. The zero-order valence-corrected chi connectivity index (χ0v) is 11.6. The lowest BCUT2D eigenvalue weighted by atomic mass is 10.2. The third-order valence-corrected chi connectivity index (χ3v) is 2.62.